The quantitative estimate of drug-likeness (QED) is 0.349. The van der Waals surface area contributed by atoms with E-state index < -0.39 is 17.6 Å². The highest BCUT2D eigenvalue weighted by Crippen LogP contribution is 2.43. The van der Waals surface area contributed by atoms with Gasteiger partial charge >= 0.3 is 6.09 Å². The van der Waals surface area contributed by atoms with Gasteiger partial charge in [-0.1, -0.05) is 13.8 Å². The number of nitrogens with one attached hydrogen (secondary N) is 1. The number of aromatic hydroxyl groups is 1. The summed E-state index contributed by atoms with van der Waals surface area (Å²) in [6.45, 7) is 3.75. The Morgan fingerprint density at radius 2 is 1.93 bits per heavy atom. The van der Waals surface area contributed by atoms with Crippen LogP contribution in [0.2, 0.25) is 0 Å². The van der Waals surface area contributed by atoms with Gasteiger partial charge in [-0.25, -0.2) is 4.79 Å². The lowest BCUT2D eigenvalue weighted by atomic mass is 9.79. The lowest BCUT2D eigenvalue weighted by molar-refractivity contribution is 0.0138. The minimum Gasteiger partial charge on any atom is -0.508 e. The van der Waals surface area contributed by atoms with Crippen molar-refractivity contribution in [2.75, 3.05) is 18.2 Å². The second kappa shape index (κ2) is 9.66. The van der Waals surface area contributed by atoms with E-state index in [1.807, 2.05) is 44.4 Å². The van der Waals surface area contributed by atoms with E-state index in [1.165, 1.54) is 0 Å². The molecule has 0 saturated heterocycles. The molecule has 27 heavy (non-hydrogen) atoms. The Bertz CT molecular complexity index is 780. The summed E-state index contributed by atoms with van der Waals surface area (Å²) in [5, 5.41) is 22.5. The van der Waals surface area contributed by atoms with Crippen LogP contribution in [0.15, 0.2) is 47.4 Å². The average Bonchev–Trinajstić information content (AvgIpc) is 2.62. The van der Waals surface area contributed by atoms with Crippen molar-refractivity contribution in [3.63, 3.8) is 0 Å². The van der Waals surface area contributed by atoms with Gasteiger partial charge in [0.2, 0.25) is 0 Å². The number of phenolic OH excluding ortho intramolecular Hbond substituents is 1. The van der Waals surface area contributed by atoms with Crippen molar-refractivity contribution >= 4 is 46.1 Å². The number of anilines is 1. The van der Waals surface area contributed by atoms with Gasteiger partial charge < -0.3 is 14.9 Å². The average molecular weight is 501 g/mol. The molecular weight excluding hydrogens is 477 g/mol. The van der Waals surface area contributed by atoms with E-state index in [-0.39, 0.29) is 12.4 Å². The maximum absolute atomic E-state index is 12.5. The first-order chi connectivity index (χ1) is 12.8. The molecule has 0 aliphatic carbocycles. The van der Waals surface area contributed by atoms with Crippen molar-refractivity contribution in [1.82, 2.24) is 0 Å². The molecule has 0 aromatic heterocycles. The first-order valence-electron chi connectivity index (χ1n) is 8.48. The maximum Gasteiger partial charge on any atom is 0.412 e. The number of ether oxygens (including phenoxy) is 1. The number of benzene rings is 2. The Balaban J connectivity index is 2.25. The maximum atomic E-state index is 12.5. The molecule has 0 aliphatic heterocycles. The number of amides is 1. The van der Waals surface area contributed by atoms with Crippen molar-refractivity contribution in [1.29, 1.82) is 0 Å². The number of carbonyl (C=O) groups excluding carboxylic acids is 1. The lowest BCUT2D eigenvalue weighted by Gasteiger charge is -2.34. The van der Waals surface area contributed by atoms with Crippen molar-refractivity contribution in [2.24, 2.45) is 5.41 Å². The standard InChI is InChI=1S/C20H24INO4S/c1-20(2,10-11-23)18(16-12-13(21)4-9-17(16)24)26-19(25)22-14-5-7-15(27-3)8-6-14/h4-9,12,18,23-24H,10-11H2,1-3H3,(H,22,25)/t18-/m0/s1. The van der Waals surface area contributed by atoms with Crippen LogP contribution in [0, 0.1) is 8.99 Å². The van der Waals surface area contributed by atoms with Crippen LogP contribution < -0.4 is 5.32 Å². The van der Waals surface area contributed by atoms with Crippen molar-refractivity contribution < 1.29 is 19.7 Å². The molecule has 5 nitrogen and oxygen atoms in total. The molecule has 0 bridgehead atoms. The summed E-state index contributed by atoms with van der Waals surface area (Å²) in [5.41, 5.74) is 0.577. The Hall–Kier alpha value is -1.45. The zero-order valence-electron chi connectivity index (χ0n) is 15.5. The first kappa shape index (κ1) is 21.8. The molecule has 2 aromatic carbocycles. The zero-order chi connectivity index (χ0) is 20.0. The molecule has 0 spiro atoms. The van der Waals surface area contributed by atoms with Gasteiger partial charge in [-0.05, 0) is 77.7 Å². The van der Waals surface area contributed by atoms with E-state index in [9.17, 15) is 15.0 Å². The van der Waals surface area contributed by atoms with Crippen LogP contribution in [0.25, 0.3) is 0 Å². The molecule has 7 heteroatoms. The van der Waals surface area contributed by atoms with Crippen LogP contribution in [0.3, 0.4) is 0 Å². The summed E-state index contributed by atoms with van der Waals surface area (Å²) < 4.78 is 6.64. The Labute approximate surface area is 177 Å². The summed E-state index contributed by atoms with van der Waals surface area (Å²) in [6.07, 6.45) is 1.07. The largest absolute Gasteiger partial charge is 0.508 e. The number of phenols is 1. The molecule has 0 unspecified atom stereocenters. The molecule has 2 aromatic rings. The van der Waals surface area contributed by atoms with E-state index in [4.69, 9.17) is 4.74 Å². The van der Waals surface area contributed by atoms with Gasteiger partial charge in [-0.3, -0.25) is 5.32 Å². The highest BCUT2D eigenvalue weighted by atomic mass is 127. The van der Waals surface area contributed by atoms with E-state index in [0.717, 1.165) is 8.47 Å². The number of halogens is 1. The molecule has 0 heterocycles. The van der Waals surface area contributed by atoms with Gasteiger partial charge in [0.05, 0.1) is 0 Å². The van der Waals surface area contributed by atoms with Gasteiger partial charge in [0.25, 0.3) is 0 Å². The fourth-order valence-corrected chi connectivity index (χ4v) is 3.65. The first-order valence-corrected chi connectivity index (χ1v) is 10.8. The fourth-order valence-electron chi connectivity index (χ4n) is 2.73. The summed E-state index contributed by atoms with van der Waals surface area (Å²) in [4.78, 5) is 13.6. The minimum atomic E-state index is -0.718. The molecule has 0 radical (unpaired) electrons. The molecule has 2 rings (SSSR count). The van der Waals surface area contributed by atoms with E-state index in [1.54, 1.807) is 30.0 Å². The number of rotatable bonds is 7. The molecule has 0 fully saturated rings. The van der Waals surface area contributed by atoms with E-state index in [0.29, 0.717) is 17.7 Å². The monoisotopic (exact) mass is 501 g/mol. The number of carbonyl (C=O) groups is 1. The Kier molecular flexibility index (Phi) is 7.81. The van der Waals surface area contributed by atoms with Gasteiger partial charge in [-0.2, -0.15) is 0 Å². The zero-order valence-corrected chi connectivity index (χ0v) is 18.5. The predicted molar refractivity (Wildman–Crippen MR) is 117 cm³/mol. The van der Waals surface area contributed by atoms with Crippen LogP contribution in [-0.2, 0) is 4.74 Å². The lowest BCUT2D eigenvalue weighted by Crippen LogP contribution is -2.30. The second-order valence-electron chi connectivity index (χ2n) is 6.80. The van der Waals surface area contributed by atoms with E-state index >= 15 is 0 Å². The van der Waals surface area contributed by atoms with E-state index in [2.05, 4.69) is 27.9 Å². The number of aliphatic hydroxyl groups is 1. The summed E-state index contributed by atoms with van der Waals surface area (Å²) >= 11 is 3.77. The van der Waals surface area contributed by atoms with Crippen LogP contribution in [-0.4, -0.2) is 29.2 Å². The third-order valence-corrected chi connectivity index (χ3v) is 5.71. The number of hydrogen-bond donors (Lipinski definition) is 3. The normalized spacial score (nSPS) is 12.5. The number of hydrogen-bond acceptors (Lipinski definition) is 5. The molecule has 0 saturated carbocycles. The van der Waals surface area contributed by atoms with Gasteiger partial charge in [0.1, 0.15) is 11.9 Å². The summed E-state index contributed by atoms with van der Waals surface area (Å²) in [7, 11) is 0. The summed E-state index contributed by atoms with van der Waals surface area (Å²) in [6, 6.07) is 12.6. The highest BCUT2D eigenvalue weighted by Gasteiger charge is 2.35. The van der Waals surface area contributed by atoms with Gasteiger partial charge in [0, 0.05) is 31.7 Å². The second-order valence-corrected chi connectivity index (χ2v) is 8.93. The molecule has 1 atom stereocenters. The third-order valence-electron chi connectivity index (χ3n) is 4.30. The molecular formula is C20H24INO4S. The van der Waals surface area contributed by atoms with Crippen LogP contribution in [0.5, 0.6) is 5.75 Å². The Morgan fingerprint density at radius 3 is 2.52 bits per heavy atom. The van der Waals surface area contributed by atoms with Crippen LogP contribution >= 0.6 is 34.4 Å². The topological polar surface area (TPSA) is 78.8 Å². The Morgan fingerprint density at radius 1 is 1.26 bits per heavy atom. The molecule has 0 aliphatic rings. The third kappa shape index (κ3) is 6.02. The fraction of sp³-hybridized carbons (Fsp3) is 0.350. The smallest absolute Gasteiger partial charge is 0.412 e. The predicted octanol–water partition coefficient (Wildman–Crippen LogP) is 5.42. The molecule has 1 amide bonds. The highest BCUT2D eigenvalue weighted by molar-refractivity contribution is 14.1. The van der Waals surface area contributed by atoms with Gasteiger partial charge in [0.15, 0.2) is 0 Å². The molecule has 146 valence electrons. The number of aliphatic hydroxyl groups excluding tert-OH is 1. The van der Waals surface area contributed by atoms with Crippen LogP contribution in [0.1, 0.15) is 31.9 Å². The van der Waals surface area contributed by atoms with Crippen molar-refractivity contribution in [3.05, 3.63) is 51.6 Å². The molecule has 3 N–H and O–H groups in total. The summed E-state index contributed by atoms with van der Waals surface area (Å²) in [5.74, 6) is 0.0588. The SMILES string of the molecule is CSc1ccc(NC(=O)O[C@@H](c2cc(I)ccc2O)C(C)(C)CCO)cc1. The minimum absolute atomic E-state index is 0.0463. The van der Waals surface area contributed by atoms with Crippen molar-refractivity contribution in [3.8, 4) is 5.75 Å². The van der Waals surface area contributed by atoms with Crippen molar-refractivity contribution in [2.45, 2.75) is 31.3 Å². The van der Waals surface area contributed by atoms with Gasteiger partial charge in [-0.15, -0.1) is 11.8 Å². The van der Waals surface area contributed by atoms with Crippen LogP contribution in [0.4, 0.5) is 10.5 Å². The number of thioether (sulfide) groups is 1.